The molecule has 3 rings (SSSR count). The Hall–Kier alpha value is -0.910. The molecule has 1 aliphatic rings. The Kier molecular flexibility index (Phi) is 14.4. The van der Waals surface area contributed by atoms with Crippen molar-refractivity contribution >= 4 is 51.2 Å². The molecule has 0 aliphatic carbocycles. The highest BCUT2D eigenvalue weighted by molar-refractivity contribution is 14.1. The molecule has 7 heteroatoms. The van der Waals surface area contributed by atoms with Crippen molar-refractivity contribution in [3.8, 4) is 11.5 Å². The molecule has 1 unspecified atom stereocenters. The maximum atomic E-state index is 11.9. The van der Waals surface area contributed by atoms with Crippen molar-refractivity contribution in [2.24, 2.45) is 0 Å². The zero-order valence-electron chi connectivity index (χ0n) is 19.8. The first kappa shape index (κ1) is 29.1. The molecule has 0 spiro atoms. The maximum absolute atomic E-state index is 11.9. The number of ether oxygens (including phenoxy) is 1. The van der Waals surface area contributed by atoms with Gasteiger partial charge in [0.05, 0.1) is 0 Å². The van der Waals surface area contributed by atoms with E-state index in [0.29, 0.717) is 11.5 Å². The van der Waals surface area contributed by atoms with Crippen molar-refractivity contribution < 1.29 is 14.6 Å². The van der Waals surface area contributed by atoms with Crippen LogP contribution >= 0.6 is 45.2 Å². The van der Waals surface area contributed by atoms with Gasteiger partial charge in [-0.15, -0.1) is 0 Å². The standard InChI is InChI=1S/C23H30N2O3.2CH3I/c1-24(2)13-7-15-25(3)14-6-8-17-11-12-19-21(16-17)28-20-10-5-4-9-18(20)22(19)23(26)27;2*1-2/h4-5,9-12,16,22H,6-8,13-15H2,1-3H3,(H,26,27);2*1H3. The minimum atomic E-state index is -0.843. The Bertz CT molecular complexity index is 831. The number of hydrogen-bond donors (Lipinski definition) is 1. The summed E-state index contributed by atoms with van der Waals surface area (Å²) in [6, 6.07) is 13.4. The summed E-state index contributed by atoms with van der Waals surface area (Å²) in [5.41, 5.74) is 2.63. The van der Waals surface area contributed by atoms with Gasteiger partial charge in [-0.1, -0.05) is 75.5 Å². The summed E-state index contributed by atoms with van der Waals surface area (Å²) in [7, 11) is 6.37. The van der Waals surface area contributed by atoms with E-state index in [9.17, 15) is 9.90 Å². The Balaban J connectivity index is 0.00000121. The average molecular weight is 666 g/mol. The van der Waals surface area contributed by atoms with E-state index in [0.717, 1.165) is 43.6 Å². The van der Waals surface area contributed by atoms with Gasteiger partial charge in [0.1, 0.15) is 17.4 Å². The minimum Gasteiger partial charge on any atom is -0.481 e. The number of carboxylic acid groups (broad SMARTS) is 1. The molecule has 2 aromatic carbocycles. The number of halogens is 2. The quantitative estimate of drug-likeness (QED) is 0.266. The van der Waals surface area contributed by atoms with Crippen LogP contribution in [0, 0.1) is 0 Å². The zero-order valence-corrected chi connectivity index (χ0v) is 24.1. The monoisotopic (exact) mass is 666 g/mol. The van der Waals surface area contributed by atoms with Gasteiger partial charge in [0.2, 0.25) is 0 Å². The van der Waals surface area contributed by atoms with Crippen LogP contribution in [0.5, 0.6) is 11.5 Å². The van der Waals surface area contributed by atoms with Gasteiger partial charge in [0.25, 0.3) is 0 Å². The second-order valence-electron chi connectivity index (χ2n) is 7.85. The number of alkyl halides is 2. The van der Waals surface area contributed by atoms with E-state index in [-0.39, 0.29) is 0 Å². The van der Waals surface area contributed by atoms with Gasteiger partial charge in [-0.05, 0) is 87.6 Å². The van der Waals surface area contributed by atoms with Crippen molar-refractivity contribution in [2.75, 3.05) is 50.6 Å². The lowest BCUT2D eigenvalue weighted by atomic mass is 9.87. The molecule has 5 nitrogen and oxygen atoms in total. The number of para-hydroxylation sites is 1. The van der Waals surface area contributed by atoms with Crippen molar-refractivity contribution in [3.63, 3.8) is 0 Å². The lowest BCUT2D eigenvalue weighted by molar-refractivity contribution is -0.137. The molecule has 0 aromatic heterocycles. The van der Waals surface area contributed by atoms with Crippen LogP contribution in [0.25, 0.3) is 0 Å². The highest BCUT2D eigenvalue weighted by Gasteiger charge is 2.32. The first-order valence-corrected chi connectivity index (χ1v) is 15.0. The average Bonchev–Trinajstić information content (AvgIpc) is 2.79. The third-order valence-electron chi connectivity index (χ3n) is 5.24. The van der Waals surface area contributed by atoms with Crippen LogP contribution in [0.1, 0.15) is 35.4 Å². The summed E-state index contributed by atoms with van der Waals surface area (Å²) in [5, 5.41) is 9.74. The van der Waals surface area contributed by atoms with Crippen LogP contribution in [-0.4, -0.2) is 71.5 Å². The van der Waals surface area contributed by atoms with E-state index in [1.807, 2.05) is 52.3 Å². The summed E-state index contributed by atoms with van der Waals surface area (Å²) in [4.78, 5) is 20.4. The van der Waals surface area contributed by atoms with Gasteiger partial charge in [-0.2, -0.15) is 0 Å². The number of carbonyl (C=O) groups is 1. The number of benzene rings is 2. The van der Waals surface area contributed by atoms with Gasteiger partial charge >= 0.3 is 5.97 Å². The smallest absolute Gasteiger partial charge is 0.315 e. The van der Waals surface area contributed by atoms with Crippen LogP contribution in [0.2, 0.25) is 0 Å². The van der Waals surface area contributed by atoms with Crippen molar-refractivity contribution in [1.82, 2.24) is 9.80 Å². The molecule has 0 radical (unpaired) electrons. The Morgan fingerprint density at radius 3 is 2.19 bits per heavy atom. The fourth-order valence-electron chi connectivity index (χ4n) is 3.75. The molecule has 0 saturated heterocycles. The lowest BCUT2D eigenvalue weighted by Gasteiger charge is -2.26. The van der Waals surface area contributed by atoms with Crippen LogP contribution in [0.3, 0.4) is 0 Å². The fraction of sp³-hybridized carbons (Fsp3) is 0.480. The van der Waals surface area contributed by atoms with Crippen LogP contribution in [-0.2, 0) is 11.2 Å². The molecule has 32 heavy (non-hydrogen) atoms. The number of aryl methyl sites for hydroxylation is 1. The molecule has 0 fully saturated rings. The fourth-order valence-corrected chi connectivity index (χ4v) is 3.75. The topological polar surface area (TPSA) is 53.0 Å². The third-order valence-corrected chi connectivity index (χ3v) is 5.24. The van der Waals surface area contributed by atoms with Crippen LogP contribution in [0.15, 0.2) is 42.5 Å². The van der Waals surface area contributed by atoms with E-state index in [1.54, 1.807) is 0 Å². The van der Waals surface area contributed by atoms with Gasteiger partial charge in [-0.25, -0.2) is 0 Å². The molecule has 1 N–H and O–H groups in total. The van der Waals surface area contributed by atoms with E-state index < -0.39 is 11.9 Å². The molecular weight excluding hydrogens is 630 g/mol. The summed E-state index contributed by atoms with van der Waals surface area (Å²) in [5.74, 6) is -0.205. The largest absolute Gasteiger partial charge is 0.481 e. The van der Waals surface area contributed by atoms with Crippen molar-refractivity contribution in [2.45, 2.75) is 25.2 Å². The molecule has 178 valence electrons. The molecule has 0 saturated carbocycles. The summed E-state index contributed by atoms with van der Waals surface area (Å²) < 4.78 is 6.02. The molecule has 1 aliphatic heterocycles. The highest BCUT2D eigenvalue weighted by Crippen LogP contribution is 2.44. The third kappa shape index (κ3) is 8.79. The Labute approximate surface area is 220 Å². The van der Waals surface area contributed by atoms with E-state index >= 15 is 0 Å². The minimum absolute atomic E-state index is 0.639. The summed E-state index contributed by atoms with van der Waals surface area (Å²) >= 11 is 4.30. The highest BCUT2D eigenvalue weighted by atomic mass is 127. The van der Waals surface area contributed by atoms with Gasteiger partial charge in [0.15, 0.2) is 0 Å². The number of nitrogens with zero attached hydrogens (tertiary/aromatic N) is 2. The predicted molar refractivity (Wildman–Crippen MR) is 151 cm³/mol. The lowest BCUT2D eigenvalue weighted by Crippen LogP contribution is -2.25. The number of carboxylic acids is 1. The summed E-state index contributed by atoms with van der Waals surface area (Å²) in [6.45, 7) is 3.26. The molecular formula is C25H36I2N2O3. The van der Waals surface area contributed by atoms with Crippen LogP contribution in [0.4, 0.5) is 0 Å². The van der Waals surface area contributed by atoms with E-state index in [1.165, 1.54) is 12.0 Å². The van der Waals surface area contributed by atoms with E-state index in [2.05, 4.69) is 76.1 Å². The number of aliphatic carboxylic acids is 1. The van der Waals surface area contributed by atoms with Crippen LogP contribution < -0.4 is 4.74 Å². The first-order chi connectivity index (χ1) is 15.5. The maximum Gasteiger partial charge on any atom is 0.315 e. The Morgan fingerprint density at radius 1 is 0.906 bits per heavy atom. The summed E-state index contributed by atoms with van der Waals surface area (Å²) in [6.07, 6.45) is 3.19. The van der Waals surface area contributed by atoms with Crippen molar-refractivity contribution in [3.05, 3.63) is 59.2 Å². The molecule has 1 atom stereocenters. The zero-order chi connectivity index (χ0) is 24.1. The molecule has 0 amide bonds. The molecule has 0 bridgehead atoms. The second-order valence-corrected chi connectivity index (χ2v) is 7.85. The molecule has 1 heterocycles. The number of fused-ring (bicyclic) bond motifs is 2. The SMILES string of the molecule is CI.CI.CN(C)CCCN(C)CCCc1ccc2c(c1)Oc1ccccc1C2C(=O)O. The van der Waals surface area contributed by atoms with E-state index in [4.69, 9.17) is 4.74 Å². The first-order valence-electron chi connectivity index (χ1n) is 10.7. The van der Waals surface area contributed by atoms with Gasteiger partial charge < -0.3 is 19.6 Å². The van der Waals surface area contributed by atoms with Gasteiger partial charge in [-0.3, -0.25) is 4.79 Å². The number of rotatable bonds is 9. The normalized spacial score (nSPS) is 13.7. The number of hydrogen-bond acceptors (Lipinski definition) is 4. The predicted octanol–water partition coefficient (Wildman–Crippen LogP) is 5.93. The van der Waals surface area contributed by atoms with Gasteiger partial charge in [0, 0.05) is 11.1 Å². The van der Waals surface area contributed by atoms with Crippen molar-refractivity contribution in [1.29, 1.82) is 0 Å². The second kappa shape index (κ2) is 15.8. The Morgan fingerprint density at radius 2 is 1.53 bits per heavy atom. The molecule has 2 aromatic rings.